The molecule has 37 heavy (non-hydrogen) atoms. The highest BCUT2D eigenvalue weighted by molar-refractivity contribution is 6.00. The van der Waals surface area contributed by atoms with Crippen LogP contribution in [0.25, 0.3) is 33.3 Å². The number of aromatic amines is 1. The molecule has 1 aliphatic carbocycles. The number of rotatable bonds is 5. The van der Waals surface area contributed by atoms with Crippen LogP contribution >= 0.6 is 0 Å². The summed E-state index contributed by atoms with van der Waals surface area (Å²) in [4.78, 5) is 34.5. The largest absolute Gasteiger partial charge is 0.497 e. The lowest BCUT2D eigenvalue weighted by Gasteiger charge is -2.18. The second-order valence-corrected chi connectivity index (χ2v) is 9.42. The van der Waals surface area contributed by atoms with Crippen LogP contribution in [0.3, 0.4) is 0 Å². The highest BCUT2D eigenvalue weighted by Crippen LogP contribution is 2.32. The maximum Gasteiger partial charge on any atom is 0.338 e. The van der Waals surface area contributed by atoms with Crippen molar-refractivity contribution in [3.63, 3.8) is 0 Å². The van der Waals surface area contributed by atoms with E-state index in [2.05, 4.69) is 16.0 Å². The lowest BCUT2D eigenvalue weighted by Crippen LogP contribution is -2.30. The standard InChI is InChI=1S/C30H27N3O4/c1-18(29(34)33-26-9-5-3-7-22(26)23-8-4-6-10-27(23)33)37-30(35)20-13-16-24-25(17-20)32-28(31-24)19-11-14-21(36-2)15-12-19/h3,5,7,9,11-18H,4,6,8,10H2,1-2H3,(H,31,32). The van der Waals surface area contributed by atoms with E-state index in [9.17, 15) is 9.59 Å². The fourth-order valence-electron chi connectivity index (χ4n) is 5.23. The Morgan fingerprint density at radius 1 is 1.00 bits per heavy atom. The number of benzene rings is 3. The smallest absolute Gasteiger partial charge is 0.338 e. The molecule has 1 N–H and O–H groups in total. The number of para-hydroxylation sites is 1. The van der Waals surface area contributed by atoms with Crippen molar-refractivity contribution in [1.82, 2.24) is 14.5 Å². The number of esters is 1. The van der Waals surface area contributed by atoms with E-state index in [1.54, 1.807) is 36.8 Å². The molecule has 1 aliphatic rings. The Balaban J connectivity index is 1.24. The summed E-state index contributed by atoms with van der Waals surface area (Å²) in [5, 5.41) is 1.11. The molecule has 0 fully saturated rings. The number of nitrogens with zero attached hydrogens (tertiary/aromatic N) is 2. The molecule has 2 heterocycles. The molecule has 0 aliphatic heterocycles. The lowest BCUT2D eigenvalue weighted by molar-refractivity contribution is 0.0285. The molecule has 3 aromatic carbocycles. The van der Waals surface area contributed by atoms with Crippen molar-refractivity contribution in [2.45, 2.75) is 38.7 Å². The van der Waals surface area contributed by atoms with E-state index in [1.165, 1.54) is 5.56 Å². The molecular weight excluding hydrogens is 466 g/mol. The van der Waals surface area contributed by atoms with E-state index in [4.69, 9.17) is 9.47 Å². The molecule has 5 aromatic rings. The SMILES string of the molecule is COc1ccc(-c2nc3ccc(C(=O)OC(C)C(=O)n4c5c(c6ccccc64)CCCC5)cc3[nH]2)cc1. The van der Waals surface area contributed by atoms with E-state index in [-0.39, 0.29) is 5.91 Å². The van der Waals surface area contributed by atoms with Gasteiger partial charge in [0, 0.05) is 16.6 Å². The van der Waals surface area contributed by atoms with Crippen LogP contribution in [0.15, 0.2) is 66.7 Å². The number of hydrogen-bond acceptors (Lipinski definition) is 5. The van der Waals surface area contributed by atoms with E-state index < -0.39 is 12.1 Å². The Kier molecular flexibility index (Phi) is 5.75. The molecule has 0 saturated heterocycles. The van der Waals surface area contributed by atoms with E-state index >= 15 is 0 Å². The van der Waals surface area contributed by atoms with Crippen molar-refractivity contribution in [2.75, 3.05) is 7.11 Å². The third-order valence-corrected chi connectivity index (χ3v) is 7.11. The second kappa shape index (κ2) is 9.24. The Hall–Kier alpha value is -4.39. The lowest BCUT2D eigenvalue weighted by atomic mass is 9.95. The average Bonchev–Trinajstić information content (AvgIpc) is 3.51. The topological polar surface area (TPSA) is 86.2 Å². The summed E-state index contributed by atoms with van der Waals surface area (Å²) in [6.45, 7) is 1.64. The Labute approximate surface area is 214 Å². The van der Waals surface area contributed by atoms with Gasteiger partial charge in [0.25, 0.3) is 5.91 Å². The first-order valence-corrected chi connectivity index (χ1v) is 12.5. The van der Waals surface area contributed by atoms with Crippen molar-refractivity contribution in [3.8, 4) is 17.1 Å². The number of nitrogens with one attached hydrogen (secondary N) is 1. The highest BCUT2D eigenvalue weighted by atomic mass is 16.5. The summed E-state index contributed by atoms with van der Waals surface area (Å²) in [5.41, 5.74) is 5.88. The number of ether oxygens (including phenoxy) is 2. The summed E-state index contributed by atoms with van der Waals surface area (Å²) in [5.74, 6) is 0.684. The minimum Gasteiger partial charge on any atom is -0.497 e. The number of carbonyl (C=O) groups excluding carboxylic acids is 2. The van der Waals surface area contributed by atoms with Crippen LogP contribution in [0.5, 0.6) is 5.75 Å². The van der Waals surface area contributed by atoms with E-state index in [0.29, 0.717) is 16.9 Å². The fourth-order valence-corrected chi connectivity index (χ4v) is 5.23. The number of aromatic nitrogens is 3. The van der Waals surface area contributed by atoms with Gasteiger partial charge in [-0.15, -0.1) is 0 Å². The predicted octanol–water partition coefficient (Wildman–Crippen LogP) is 5.96. The molecule has 7 heteroatoms. The zero-order chi connectivity index (χ0) is 25.5. The van der Waals surface area contributed by atoms with Gasteiger partial charge in [-0.05, 0) is 86.7 Å². The monoisotopic (exact) mass is 493 g/mol. The van der Waals surface area contributed by atoms with Crippen molar-refractivity contribution in [2.24, 2.45) is 0 Å². The van der Waals surface area contributed by atoms with Crippen LogP contribution in [-0.2, 0) is 17.6 Å². The summed E-state index contributed by atoms with van der Waals surface area (Å²) in [6.07, 6.45) is 3.06. The average molecular weight is 494 g/mol. The number of fused-ring (bicyclic) bond motifs is 4. The van der Waals surface area contributed by atoms with E-state index in [0.717, 1.165) is 59.1 Å². The summed E-state index contributed by atoms with van der Waals surface area (Å²) in [6, 6.07) is 20.7. The summed E-state index contributed by atoms with van der Waals surface area (Å²) < 4.78 is 12.7. The van der Waals surface area contributed by atoms with Gasteiger partial charge in [-0.25, -0.2) is 9.78 Å². The molecule has 2 aromatic heterocycles. The van der Waals surface area contributed by atoms with E-state index in [1.807, 2.05) is 42.5 Å². The van der Waals surface area contributed by atoms with Gasteiger partial charge in [0.2, 0.25) is 0 Å². The number of hydrogen-bond donors (Lipinski definition) is 1. The van der Waals surface area contributed by atoms with Gasteiger partial charge >= 0.3 is 5.97 Å². The number of aryl methyl sites for hydroxylation is 1. The highest BCUT2D eigenvalue weighted by Gasteiger charge is 2.28. The number of imidazole rings is 1. The van der Waals surface area contributed by atoms with Gasteiger partial charge in [-0.1, -0.05) is 18.2 Å². The van der Waals surface area contributed by atoms with Crippen LogP contribution < -0.4 is 4.74 Å². The van der Waals surface area contributed by atoms with Crippen LogP contribution in [0.4, 0.5) is 0 Å². The van der Waals surface area contributed by atoms with Gasteiger partial charge in [0.15, 0.2) is 6.10 Å². The quantitative estimate of drug-likeness (QED) is 0.306. The van der Waals surface area contributed by atoms with Gasteiger partial charge < -0.3 is 14.5 Å². The zero-order valence-corrected chi connectivity index (χ0v) is 20.8. The minimum atomic E-state index is -0.929. The molecule has 0 saturated carbocycles. The minimum absolute atomic E-state index is 0.225. The Bertz CT molecular complexity index is 1650. The fraction of sp³-hybridized carbons (Fsp3) is 0.233. The maximum atomic E-state index is 13.5. The van der Waals surface area contributed by atoms with Crippen LogP contribution in [0.2, 0.25) is 0 Å². The third kappa shape index (κ3) is 4.06. The molecule has 7 nitrogen and oxygen atoms in total. The third-order valence-electron chi connectivity index (χ3n) is 7.11. The molecule has 0 amide bonds. The van der Waals surface area contributed by atoms with Crippen molar-refractivity contribution < 1.29 is 19.1 Å². The predicted molar refractivity (Wildman–Crippen MR) is 142 cm³/mol. The van der Waals surface area contributed by atoms with Crippen LogP contribution in [0.1, 0.15) is 46.2 Å². The van der Waals surface area contributed by atoms with Crippen molar-refractivity contribution in [3.05, 3.63) is 83.6 Å². The molecule has 186 valence electrons. The molecule has 1 atom stereocenters. The Morgan fingerprint density at radius 2 is 1.78 bits per heavy atom. The van der Waals surface area contributed by atoms with Crippen molar-refractivity contribution >= 4 is 33.8 Å². The summed E-state index contributed by atoms with van der Waals surface area (Å²) in [7, 11) is 1.62. The summed E-state index contributed by atoms with van der Waals surface area (Å²) >= 11 is 0. The normalized spacial score (nSPS) is 13.9. The number of H-pyrrole nitrogens is 1. The molecular formula is C30H27N3O4. The molecule has 6 rings (SSSR count). The first-order chi connectivity index (χ1) is 18.0. The van der Waals surface area contributed by atoms with Gasteiger partial charge in [0.1, 0.15) is 11.6 Å². The van der Waals surface area contributed by atoms with Gasteiger partial charge in [0.05, 0.1) is 29.2 Å². The Morgan fingerprint density at radius 3 is 2.59 bits per heavy atom. The first-order valence-electron chi connectivity index (χ1n) is 12.5. The van der Waals surface area contributed by atoms with Crippen LogP contribution in [0, 0.1) is 0 Å². The second-order valence-electron chi connectivity index (χ2n) is 9.42. The molecule has 0 spiro atoms. The number of methoxy groups -OCH3 is 1. The van der Waals surface area contributed by atoms with Gasteiger partial charge in [-0.3, -0.25) is 9.36 Å². The zero-order valence-electron chi connectivity index (χ0n) is 20.8. The van der Waals surface area contributed by atoms with Crippen LogP contribution in [-0.4, -0.2) is 39.6 Å². The molecule has 1 unspecified atom stereocenters. The van der Waals surface area contributed by atoms with Crippen molar-refractivity contribution in [1.29, 1.82) is 0 Å². The van der Waals surface area contributed by atoms with Gasteiger partial charge in [-0.2, -0.15) is 0 Å². The molecule has 0 bridgehead atoms. The maximum absolute atomic E-state index is 13.5. The number of carbonyl (C=O) groups is 2. The molecule has 0 radical (unpaired) electrons. The first kappa shape index (κ1) is 23.0.